The first-order valence-electron chi connectivity index (χ1n) is 8.42. The Bertz CT molecular complexity index is 1160. The molecule has 4 heterocycles. The molecule has 0 saturated carbocycles. The smallest absolute Gasteiger partial charge is 0.213 e. The first-order chi connectivity index (χ1) is 12.9. The summed E-state index contributed by atoms with van der Waals surface area (Å²) in [6.07, 6.45) is 7.05. The van der Waals surface area contributed by atoms with Crippen LogP contribution in [0.2, 0.25) is 5.02 Å². The Balaban J connectivity index is 0.00000225. The fourth-order valence-corrected chi connectivity index (χ4v) is 4.96. The van der Waals surface area contributed by atoms with Gasteiger partial charge < -0.3 is 4.98 Å². The second kappa shape index (κ2) is 7.37. The van der Waals surface area contributed by atoms with E-state index in [9.17, 15) is 13.7 Å². The van der Waals surface area contributed by atoms with Gasteiger partial charge in [-0.2, -0.15) is 14.7 Å². The minimum atomic E-state index is -3.28. The molecule has 3 aromatic heterocycles. The van der Waals surface area contributed by atoms with Crippen molar-refractivity contribution in [3.8, 4) is 17.2 Å². The van der Waals surface area contributed by atoms with E-state index in [-0.39, 0.29) is 37.7 Å². The number of nitrogens with one attached hydrogen (secondary N) is 1. The maximum absolute atomic E-state index is 12.1. The van der Waals surface area contributed by atoms with Crippen LogP contribution in [0, 0.1) is 11.3 Å². The second-order valence-corrected chi connectivity index (χ2v) is 9.29. The highest BCUT2D eigenvalue weighted by atomic mass is 35.5. The number of rotatable bonds is 5. The summed E-state index contributed by atoms with van der Waals surface area (Å²) in [5, 5.41) is 15.1. The van der Waals surface area contributed by atoms with Crippen LogP contribution in [0.25, 0.3) is 22.2 Å². The normalized spacial score (nSPS) is 16.3. The van der Waals surface area contributed by atoms with Gasteiger partial charge in [0.05, 0.1) is 29.5 Å². The number of halogens is 2. The van der Waals surface area contributed by atoms with E-state index in [1.807, 2.05) is 12.3 Å². The van der Waals surface area contributed by atoms with Crippen LogP contribution in [0.15, 0.2) is 30.9 Å². The molecule has 148 valence electrons. The summed E-state index contributed by atoms with van der Waals surface area (Å²) >= 11 is 6.38. The average molecular weight is 441 g/mol. The number of H-pyrrole nitrogens is 1. The molecule has 3 aromatic rings. The van der Waals surface area contributed by atoms with Gasteiger partial charge in [0.15, 0.2) is 0 Å². The molecule has 0 amide bonds. The summed E-state index contributed by atoms with van der Waals surface area (Å²) < 4.78 is 27.3. The van der Waals surface area contributed by atoms with Gasteiger partial charge in [-0.3, -0.25) is 4.68 Å². The third kappa shape index (κ3) is 3.16. The Morgan fingerprint density at radius 3 is 2.82 bits per heavy atom. The number of hydrogen-bond donors (Lipinski definition) is 1. The minimum absolute atomic E-state index is 0. The third-order valence-electron chi connectivity index (χ3n) is 5.01. The molecule has 0 aromatic carbocycles. The molecule has 8 nitrogen and oxygen atoms in total. The molecular formula is C17H18Cl2N6O2S. The van der Waals surface area contributed by atoms with Crippen LogP contribution in [0.5, 0.6) is 0 Å². The van der Waals surface area contributed by atoms with Crippen LogP contribution in [0.3, 0.4) is 0 Å². The lowest BCUT2D eigenvalue weighted by atomic mass is 9.89. The lowest BCUT2D eigenvalue weighted by molar-refractivity contribution is 0.0719. The second-order valence-electron chi connectivity index (χ2n) is 6.62. The van der Waals surface area contributed by atoms with E-state index < -0.39 is 15.6 Å². The fourth-order valence-electron chi connectivity index (χ4n) is 3.46. The number of aromatic amines is 1. The van der Waals surface area contributed by atoms with Crippen molar-refractivity contribution in [2.75, 3.05) is 18.8 Å². The van der Waals surface area contributed by atoms with Gasteiger partial charge in [-0.25, -0.2) is 13.4 Å². The van der Waals surface area contributed by atoms with Crippen molar-refractivity contribution >= 4 is 45.1 Å². The van der Waals surface area contributed by atoms with E-state index in [1.165, 1.54) is 4.31 Å². The molecule has 0 unspecified atom stereocenters. The van der Waals surface area contributed by atoms with Crippen LogP contribution < -0.4 is 0 Å². The molecule has 4 rings (SSSR count). The Labute approximate surface area is 173 Å². The highest BCUT2D eigenvalue weighted by Crippen LogP contribution is 2.38. The average Bonchev–Trinajstić information content (AvgIpc) is 3.27. The summed E-state index contributed by atoms with van der Waals surface area (Å²) in [6, 6.07) is 4.06. The molecule has 1 aliphatic heterocycles. The Morgan fingerprint density at radius 2 is 2.14 bits per heavy atom. The van der Waals surface area contributed by atoms with Gasteiger partial charge >= 0.3 is 0 Å². The first-order valence-corrected chi connectivity index (χ1v) is 10.4. The van der Waals surface area contributed by atoms with Gasteiger partial charge in [0, 0.05) is 48.2 Å². The predicted octanol–water partition coefficient (Wildman–Crippen LogP) is 2.78. The summed E-state index contributed by atoms with van der Waals surface area (Å²) in [4.78, 5) is 7.31. The van der Waals surface area contributed by atoms with E-state index in [1.54, 1.807) is 30.2 Å². The van der Waals surface area contributed by atoms with Crippen LogP contribution in [0.4, 0.5) is 0 Å². The largest absolute Gasteiger partial charge is 0.346 e. The van der Waals surface area contributed by atoms with Crippen LogP contribution in [-0.4, -0.2) is 51.3 Å². The predicted molar refractivity (Wildman–Crippen MR) is 109 cm³/mol. The summed E-state index contributed by atoms with van der Waals surface area (Å²) in [5.41, 5.74) is 1.66. The van der Waals surface area contributed by atoms with E-state index in [4.69, 9.17) is 11.6 Å². The summed E-state index contributed by atoms with van der Waals surface area (Å²) in [5.74, 6) is 0.0398. The van der Waals surface area contributed by atoms with Crippen molar-refractivity contribution in [3.05, 3.63) is 35.9 Å². The lowest BCUT2D eigenvalue weighted by Crippen LogP contribution is -2.64. The number of pyridine rings is 1. The molecule has 0 atom stereocenters. The van der Waals surface area contributed by atoms with E-state index in [2.05, 4.69) is 21.1 Å². The van der Waals surface area contributed by atoms with Crippen molar-refractivity contribution in [2.45, 2.75) is 18.9 Å². The molecule has 0 bridgehead atoms. The zero-order chi connectivity index (χ0) is 19.2. The number of nitriles is 1. The van der Waals surface area contributed by atoms with Crippen molar-refractivity contribution < 1.29 is 8.42 Å². The number of hydrogen-bond acceptors (Lipinski definition) is 5. The zero-order valence-corrected chi connectivity index (χ0v) is 17.4. The minimum Gasteiger partial charge on any atom is -0.346 e. The molecular weight excluding hydrogens is 423 g/mol. The van der Waals surface area contributed by atoms with Gasteiger partial charge in [0.1, 0.15) is 11.2 Å². The van der Waals surface area contributed by atoms with E-state index >= 15 is 0 Å². The molecule has 0 aliphatic carbocycles. The quantitative estimate of drug-likeness (QED) is 0.655. The Kier molecular flexibility index (Phi) is 5.42. The van der Waals surface area contributed by atoms with Crippen molar-refractivity contribution in [1.82, 2.24) is 24.1 Å². The Morgan fingerprint density at radius 1 is 1.39 bits per heavy atom. The molecule has 1 aliphatic rings. The van der Waals surface area contributed by atoms with Gasteiger partial charge in [-0.15, -0.1) is 12.4 Å². The van der Waals surface area contributed by atoms with Gasteiger partial charge in [-0.1, -0.05) is 11.6 Å². The maximum Gasteiger partial charge on any atom is 0.213 e. The van der Waals surface area contributed by atoms with E-state index in [0.717, 1.165) is 22.2 Å². The topological polar surface area (TPSA) is 108 Å². The fraction of sp³-hybridized carbons (Fsp3) is 0.353. The van der Waals surface area contributed by atoms with Crippen molar-refractivity contribution in [1.29, 1.82) is 5.26 Å². The highest BCUT2D eigenvalue weighted by Gasteiger charge is 2.49. The number of aromatic nitrogens is 4. The monoisotopic (exact) mass is 440 g/mol. The lowest BCUT2D eigenvalue weighted by Gasteiger charge is -2.47. The summed E-state index contributed by atoms with van der Waals surface area (Å²) in [6.45, 7) is 2.09. The summed E-state index contributed by atoms with van der Waals surface area (Å²) in [7, 11) is -3.28. The number of sulfonamides is 1. The molecule has 1 N–H and O–H groups in total. The van der Waals surface area contributed by atoms with Crippen LogP contribution in [-0.2, 0) is 15.6 Å². The van der Waals surface area contributed by atoms with Gasteiger partial charge in [0.2, 0.25) is 10.0 Å². The number of nitrogens with zero attached hydrogens (tertiary/aromatic N) is 5. The third-order valence-corrected chi connectivity index (χ3v) is 7.07. The number of fused-ring (bicyclic) bond motifs is 1. The van der Waals surface area contributed by atoms with E-state index in [0.29, 0.717) is 5.02 Å². The molecule has 1 fully saturated rings. The molecule has 0 radical (unpaired) electrons. The SMILES string of the molecule is CCS(=O)(=O)N1CC(CC#N)(n2cc(-c3c(Cl)cnc4[nH]ccc34)cn2)C1.Cl. The first kappa shape index (κ1) is 20.6. The van der Waals surface area contributed by atoms with Crippen LogP contribution in [0.1, 0.15) is 13.3 Å². The molecule has 11 heteroatoms. The molecule has 0 spiro atoms. The zero-order valence-electron chi connectivity index (χ0n) is 15.0. The standard InChI is InChI=1S/C17H17ClN6O2S.ClH/c1-2-27(25,26)23-10-17(11-23,4-5-19)24-9-12(7-22-24)15-13-3-6-20-16(13)21-8-14(15)18;/h3,6-9H,2,4,10-11H2,1H3,(H,20,21);1H. The van der Waals surface area contributed by atoms with Crippen LogP contribution >= 0.6 is 24.0 Å². The Hall–Kier alpha value is -2.12. The highest BCUT2D eigenvalue weighted by molar-refractivity contribution is 7.89. The maximum atomic E-state index is 12.1. The molecule has 28 heavy (non-hydrogen) atoms. The molecule has 1 saturated heterocycles. The van der Waals surface area contributed by atoms with Gasteiger partial charge in [-0.05, 0) is 13.0 Å². The van der Waals surface area contributed by atoms with Crippen molar-refractivity contribution in [3.63, 3.8) is 0 Å². The van der Waals surface area contributed by atoms with Crippen molar-refractivity contribution in [2.24, 2.45) is 0 Å². The van der Waals surface area contributed by atoms with Gasteiger partial charge in [0.25, 0.3) is 0 Å².